The quantitative estimate of drug-likeness (QED) is 0.656. The lowest BCUT2D eigenvalue weighted by atomic mass is 9.74. The molecule has 0 spiro atoms. The van der Waals surface area contributed by atoms with Crippen LogP contribution in [0.1, 0.15) is 25.7 Å². The summed E-state index contributed by atoms with van der Waals surface area (Å²) in [5, 5.41) is 12.7. The van der Waals surface area contributed by atoms with Crippen LogP contribution in [0.3, 0.4) is 0 Å². The maximum absolute atomic E-state index is 9.27. The number of rotatable bonds is 5. The molecule has 3 heteroatoms. The highest BCUT2D eigenvalue weighted by molar-refractivity contribution is 5.02. The summed E-state index contributed by atoms with van der Waals surface area (Å²) in [4.78, 5) is 0. The molecule has 0 unspecified atom stereocenters. The second-order valence-corrected chi connectivity index (χ2v) is 4.53. The third-order valence-electron chi connectivity index (χ3n) is 3.34. The van der Waals surface area contributed by atoms with Crippen molar-refractivity contribution in [3.63, 3.8) is 0 Å². The van der Waals surface area contributed by atoms with Crippen molar-refractivity contribution in [3.8, 4) is 0 Å². The molecule has 0 atom stereocenters. The summed E-state index contributed by atoms with van der Waals surface area (Å²) >= 11 is 0. The summed E-state index contributed by atoms with van der Waals surface area (Å²) < 4.78 is 5.21. The van der Waals surface area contributed by atoms with Gasteiger partial charge in [0.25, 0.3) is 0 Å². The van der Waals surface area contributed by atoms with E-state index in [1.54, 1.807) is 7.11 Å². The Balaban J connectivity index is 1.73. The lowest BCUT2D eigenvalue weighted by molar-refractivity contribution is -0.0526. The smallest absolute Gasteiger partial charge is 0.0615 e. The second kappa shape index (κ2) is 3.56. The molecule has 13 heavy (non-hydrogen) atoms. The van der Waals surface area contributed by atoms with E-state index in [9.17, 15) is 5.11 Å². The fraction of sp³-hybridized carbons (Fsp3) is 1.00. The van der Waals surface area contributed by atoms with Crippen LogP contribution in [0, 0.1) is 5.92 Å². The Morgan fingerprint density at radius 1 is 1.46 bits per heavy atom. The van der Waals surface area contributed by atoms with Crippen molar-refractivity contribution in [3.05, 3.63) is 0 Å². The van der Waals surface area contributed by atoms with Gasteiger partial charge in [0.1, 0.15) is 0 Å². The van der Waals surface area contributed by atoms with E-state index in [4.69, 9.17) is 4.74 Å². The van der Waals surface area contributed by atoms with Crippen molar-refractivity contribution in [2.45, 2.75) is 37.3 Å². The van der Waals surface area contributed by atoms with Crippen molar-refractivity contribution >= 4 is 0 Å². The minimum Gasteiger partial charge on any atom is -0.394 e. The minimum absolute atomic E-state index is 0.0106. The van der Waals surface area contributed by atoms with Gasteiger partial charge in [-0.25, -0.2) is 0 Å². The average Bonchev–Trinajstić information content (AvgIpc) is 2.87. The molecular weight excluding hydrogens is 166 g/mol. The SMILES string of the molecule is COC1CC(CO)(NCC2CC2)C1. The molecule has 2 aliphatic carbocycles. The summed E-state index contributed by atoms with van der Waals surface area (Å²) in [5.41, 5.74) is -0.0106. The third kappa shape index (κ3) is 2.03. The number of hydrogen-bond acceptors (Lipinski definition) is 3. The average molecular weight is 185 g/mol. The van der Waals surface area contributed by atoms with Crippen LogP contribution in [0.15, 0.2) is 0 Å². The molecule has 2 aliphatic rings. The van der Waals surface area contributed by atoms with E-state index in [1.165, 1.54) is 12.8 Å². The molecule has 0 aromatic carbocycles. The fourth-order valence-electron chi connectivity index (χ4n) is 1.99. The molecule has 2 rings (SSSR count). The van der Waals surface area contributed by atoms with Crippen LogP contribution in [-0.4, -0.2) is 37.0 Å². The predicted molar refractivity (Wildman–Crippen MR) is 50.6 cm³/mol. The molecule has 2 saturated carbocycles. The molecule has 0 aromatic heterocycles. The molecule has 76 valence electrons. The van der Waals surface area contributed by atoms with Crippen molar-refractivity contribution in [2.75, 3.05) is 20.3 Å². The summed E-state index contributed by atoms with van der Waals surface area (Å²) in [6.07, 6.45) is 5.02. The summed E-state index contributed by atoms with van der Waals surface area (Å²) in [6, 6.07) is 0. The van der Waals surface area contributed by atoms with Crippen LogP contribution in [0.4, 0.5) is 0 Å². The Bertz CT molecular complexity index is 174. The zero-order chi connectivity index (χ0) is 9.31. The first-order valence-electron chi connectivity index (χ1n) is 5.17. The Hall–Kier alpha value is -0.120. The maximum Gasteiger partial charge on any atom is 0.0615 e. The molecular formula is C10H19NO2. The Labute approximate surface area is 79.5 Å². The van der Waals surface area contributed by atoms with E-state index in [0.29, 0.717) is 6.10 Å². The van der Waals surface area contributed by atoms with Crippen molar-refractivity contribution < 1.29 is 9.84 Å². The Morgan fingerprint density at radius 3 is 2.62 bits per heavy atom. The largest absolute Gasteiger partial charge is 0.394 e. The molecule has 2 N–H and O–H groups in total. The van der Waals surface area contributed by atoms with E-state index in [2.05, 4.69) is 5.32 Å². The van der Waals surface area contributed by atoms with Crippen LogP contribution >= 0.6 is 0 Å². The standard InChI is InChI=1S/C10H19NO2/c1-13-9-4-10(5-9,7-12)11-6-8-2-3-8/h8-9,11-12H,2-7H2,1H3. The van der Waals surface area contributed by atoms with Gasteiger partial charge in [-0.3, -0.25) is 0 Å². The van der Waals surface area contributed by atoms with Gasteiger partial charge >= 0.3 is 0 Å². The Kier molecular flexibility index (Phi) is 2.58. The van der Waals surface area contributed by atoms with Gasteiger partial charge in [0.15, 0.2) is 0 Å². The zero-order valence-corrected chi connectivity index (χ0v) is 8.25. The van der Waals surface area contributed by atoms with Crippen LogP contribution in [0.25, 0.3) is 0 Å². The number of aliphatic hydroxyl groups is 1. The molecule has 0 bridgehead atoms. The molecule has 0 saturated heterocycles. The second-order valence-electron chi connectivity index (χ2n) is 4.53. The van der Waals surface area contributed by atoms with Crippen molar-refractivity contribution in [1.29, 1.82) is 0 Å². The van der Waals surface area contributed by atoms with Crippen LogP contribution in [-0.2, 0) is 4.74 Å². The highest BCUT2D eigenvalue weighted by atomic mass is 16.5. The summed E-state index contributed by atoms with van der Waals surface area (Å²) in [6.45, 7) is 1.33. The zero-order valence-electron chi connectivity index (χ0n) is 8.25. The molecule has 2 fully saturated rings. The van der Waals surface area contributed by atoms with Gasteiger partial charge in [-0.2, -0.15) is 0 Å². The number of methoxy groups -OCH3 is 1. The van der Waals surface area contributed by atoms with Crippen molar-refractivity contribution in [1.82, 2.24) is 5.32 Å². The summed E-state index contributed by atoms with van der Waals surface area (Å²) in [7, 11) is 1.74. The van der Waals surface area contributed by atoms with E-state index < -0.39 is 0 Å². The van der Waals surface area contributed by atoms with Gasteiger partial charge in [-0.15, -0.1) is 0 Å². The van der Waals surface area contributed by atoms with Gasteiger partial charge in [0.05, 0.1) is 12.7 Å². The highest BCUT2D eigenvalue weighted by Crippen LogP contribution is 2.35. The van der Waals surface area contributed by atoms with Gasteiger partial charge in [-0.05, 0) is 38.1 Å². The van der Waals surface area contributed by atoms with Crippen LogP contribution in [0.5, 0.6) is 0 Å². The van der Waals surface area contributed by atoms with E-state index in [0.717, 1.165) is 25.3 Å². The van der Waals surface area contributed by atoms with E-state index in [-0.39, 0.29) is 12.1 Å². The van der Waals surface area contributed by atoms with Gasteiger partial charge in [0, 0.05) is 12.6 Å². The first-order chi connectivity index (χ1) is 6.28. The molecule has 0 amide bonds. The van der Waals surface area contributed by atoms with Crippen LogP contribution < -0.4 is 5.32 Å². The predicted octanol–water partition coefficient (Wildman–Crippen LogP) is 0.526. The van der Waals surface area contributed by atoms with E-state index in [1.807, 2.05) is 0 Å². The molecule has 0 aliphatic heterocycles. The van der Waals surface area contributed by atoms with Crippen molar-refractivity contribution in [2.24, 2.45) is 5.92 Å². The first-order valence-corrected chi connectivity index (χ1v) is 5.17. The van der Waals surface area contributed by atoms with Gasteiger partial charge < -0.3 is 15.2 Å². The normalized spacial score (nSPS) is 38.8. The maximum atomic E-state index is 9.27. The summed E-state index contributed by atoms with van der Waals surface area (Å²) in [5.74, 6) is 0.880. The minimum atomic E-state index is -0.0106. The number of ether oxygens (including phenoxy) is 1. The first kappa shape index (κ1) is 9.44. The fourth-order valence-corrected chi connectivity index (χ4v) is 1.99. The molecule has 0 heterocycles. The number of aliphatic hydroxyl groups excluding tert-OH is 1. The monoisotopic (exact) mass is 185 g/mol. The highest BCUT2D eigenvalue weighted by Gasteiger charge is 2.44. The number of hydrogen-bond donors (Lipinski definition) is 2. The van der Waals surface area contributed by atoms with E-state index >= 15 is 0 Å². The van der Waals surface area contributed by atoms with Gasteiger partial charge in [0.2, 0.25) is 0 Å². The van der Waals surface area contributed by atoms with Crippen LogP contribution in [0.2, 0.25) is 0 Å². The molecule has 0 aromatic rings. The Morgan fingerprint density at radius 2 is 2.15 bits per heavy atom. The molecule has 3 nitrogen and oxygen atoms in total. The topological polar surface area (TPSA) is 41.5 Å². The lowest BCUT2D eigenvalue weighted by Gasteiger charge is -2.46. The van der Waals surface area contributed by atoms with Gasteiger partial charge in [-0.1, -0.05) is 0 Å². The third-order valence-corrected chi connectivity index (χ3v) is 3.34. The number of nitrogens with one attached hydrogen (secondary N) is 1. The molecule has 0 radical (unpaired) electrons. The lowest BCUT2D eigenvalue weighted by Crippen LogP contribution is -2.60.